The number of benzene rings is 1. The minimum absolute atomic E-state index is 0.146. The van der Waals surface area contributed by atoms with Crippen molar-refractivity contribution in [1.82, 2.24) is 4.90 Å². The van der Waals surface area contributed by atoms with Crippen molar-refractivity contribution >= 4 is 29.0 Å². The Hall–Kier alpha value is -1.85. The lowest BCUT2D eigenvalue weighted by molar-refractivity contribution is -0.912. The van der Waals surface area contributed by atoms with Gasteiger partial charge in [0.05, 0.1) is 18.0 Å². The van der Waals surface area contributed by atoms with Gasteiger partial charge in [0.15, 0.2) is 6.67 Å². The Balaban J connectivity index is 1.63. The number of amides is 2. The molecule has 5 heteroatoms. The zero-order valence-electron chi connectivity index (χ0n) is 13.0. The first-order chi connectivity index (χ1) is 11.2. The molecule has 2 aliphatic heterocycles. The summed E-state index contributed by atoms with van der Waals surface area (Å²) in [5.41, 5.74) is 1.07. The molecule has 0 bridgehead atoms. The average Bonchev–Trinajstić information content (AvgIpc) is 2.85. The Morgan fingerprint density at radius 3 is 2.57 bits per heavy atom. The quantitative estimate of drug-likeness (QED) is 0.862. The van der Waals surface area contributed by atoms with E-state index in [2.05, 4.69) is 0 Å². The van der Waals surface area contributed by atoms with E-state index in [-0.39, 0.29) is 11.1 Å². The number of piperidine rings is 1. The third-order valence-corrected chi connectivity index (χ3v) is 5.08. The summed E-state index contributed by atoms with van der Waals surface area (Å²) in [5, 5.41) is -0.146. The van der Waals surface area contributed by atoms with E-state index in [0.29, 0.717) is 11.6 Å². The number of rotatable bonds is 4. The Morgan fingerprint density at radius 2 is 1.83 bits per heavy atom. The Labute approximate surface area is 140 Å². The number of carbonyl (C=O) groups excluding carboxylic acids is 2. The highest BCUT2D eigenvalue weighted by Gasteiger charge is 2.37. The molecule has 3 rings (SSSR count). The fourth-order valence-electron chi connectivity index (χ4n) is 2.89. The number of nitrogens with zero attached hydrogens (tertiary/aromatic N) is 1. The standard InChI is InChI=1S/C18H20N2O2S/c21-17-16(11-7-10-15-8-3-1-4-9-15)23-18(22)20(17)14-19-12-5-2-6-13-19/h1,3-4,7-11H,2,5-6,12-14H2/p+1/b10-7+,16-11+. The van der Waals surface area contributed by atoms with E-state index in [4.69, 9.17) is 0 Å². The van der Waals surface area contributed by atoms with Gasteiger partial charge in [-0.3, -0.25) is 9.59 Å². The lowest BCUT2D eigenvalue weighted by Gasteiger charge is -2.26. The van der Waals surface area contributed by atoms with Gasteiger partial charge in [-0.25, -0.2) is 4.90 Å². The SMILES string of the molecule is O=C1S/C(=C/C=C/c2ccccc2)C(=O)N1C[NH+]1CCCCC1. The van der Waals surface area contributed by atoms with Crippen LogP contribution < -0.4 is 4.90 Å². The second-order valence-electron chi connectivity index (χ2n) is 5.87. The molecular formula is C18H21N2O2S+. The van der Waals surface area contributed by atoms with Gasteiger partial charge >= 0.3 is 0 Å². The summed E-state index contributed by atoms with van der Waals surface area (Å²) in [6, 6.07) is 9.89. The highest BCUT2D eigenvalue weighted by molar-refractivity contribution is 8.18. The third-order valence-electron chi connectivity index (χ3n) is 4.15. The van der Waals surface area contributed by atoms with Gasteiger partial charge in [-0.05, 0) is 42.7 Å². The summed E-state index contributed by atoms with van der Waals surface area (Å²) in [7, 11) is 0. The molecule has 0 aromatic heterocycles. The Morgan fingerprint density at radius 1 is 1.09 bits per heavy atom. The lowest BCUT2D eigenvalue weighted by Crippen LogP contribution is -3.14. The molecule has 23 heavy (non-hydrogen) atoms. The van der Waals surface area contributed by atoms with Gasteiger partial charge in [0.1, 0.15) is 0 Å². The number of likely N-dealkylation sites (tertiary alicyclic amines) is 1. The topological polar surface area (TPSA) is 41.8 Å². The molecule has 0 aliphatic carbocycles. The number of hydrogen-bond acceptors (Lipinski definition) is 3. The first-order valence-corrected chi connectivity index (χ1v) is 8.86. The molecule has 1 N–H and O–H groups in total. The van der Waals surface area contributed by atoms with Crippen LogP contribution in [0.25, 0.3) is 6.08 Å². The molecule has 120 valence electrons. The third kappa shape index (κ3) is 4.12. The summed E-state index contributed by atoms with van der Waals surface area (Å²) in [4.78, 5) is 27.7. The normalized spacial score (nSPS) is 21.7. The van der Waals surface area contributed by atoms with Gasteiger partial charge in [0.2, 0.25) is 0 Å². The summed E-state index contributed by atoms with van der Waals surface area (Å²) >= 11 is 1.04. The highest BCUT2D eigenvalue weighted by atomic mass is 32.2. The van der Waals surface area contributed by atoms with E-state index in [1.165, 1.54) is 29.1 Å². The van der Waals surface area contributed by atoms with E-state index in [1.807, 2.05) is 42.5 Å². The van der Waals surface area contributed by atoms with Crippen LogP contribution in [0.2, 0.25) is 0 Å². The van der Waals surface area contributed by atoms with Crippen LogP contribution in [0.15, 0.2) is 47.4 Å². The summed E-state index contributed by atoms with van der Waals surface area (Å²) in [6.07, 6.45) is 9.13. The number of thioether (sulfide) groups is 1. The van der Waals surface area contributed by atoms with Gasteiger partial charge in [0.25, 0.3) is 11.1 Å². The van der Waals surface area contributed by atoms with Crippen LogP contribution in [0.1, 0.15) is 24.8 Å². The maximum Gasteiger partial charge on any atom is 0.298 e. The zero-order chi connectivity index (χ0) is 16.1. The maximum atomic E-state index is 12.4. The van der Waals surface area contributed by atoms with Crippen LogP contribution in [0.5, 0.6) is 0 Å². The summed E-state index contributed by atoms with van der Waals surface area (Å²) < 4.78 is 0. The van der Waals surface area contributed by atoms with Gasteiger partial charge in [-0.1, -0.05) is 42.5 Å². The predicted octanol–water partition coefficient (Wildman–Crippen LogP) is 2.31. The second kappa shape index (κ2) is 7.62. The van der Waals surface area contributed by atoms with Gasteiger partial charge < -0.3 is 4.90 Å². The van der Waals surface area contributed by atoms with Crippen molar-refractivity contribution in [2.24, 2.45) is 0 Å². The molecule has 2 saturated heterocycles. The van der Waals surface area contributed by atoms with Crippen LogP contribution in [-0.4, -0.2) is 35.8 Å². The zero-order valence-corrected chi connectivity index (χ0v) is 13.8. The molecule has 2 heterocycles. The molecule has 0 atom stereocenters. The molecule has 2 fully saturated rings. The van der Waals surface area contributed by atoms with Crippen molar-refractivity contribution in [3.05, 3.63) is 53.0 Å². The van der Waals surface area contributed by atoms with Crippen molar-refractivity contribution in [3.8, 4) is 0 Å². The summed E-state index contributed by atoms with van der Waals surface area (Å²) in [6.45, 7) is 2.60. The van der Waals surface area contributed by atoms with Crippen molar-refractivity contribution in [2.45, 2.75) is 19.3 Å². The second-order valence-corrected chi connectivity index (χ2v) is 6.86. The molecular weight excluding hydrogens is 308 g/mol. The fourth-order valence-corrected chi connectivity index (χ4v) is 3.68. The average molecular weight is 329 g/mol. The van der Waals surface area contributed by atoms with Gasteiger partial charge in [-0.2, -0.15) is 0 Å². The van der Waals surface area contributed by atoms with Gasteiger partial charge in [-0.15, -0.1) is 0 Å². The van der Waals surface area contributed by atoms with Crippen molar-refractivity contribution in [2.75, 3.05) is 19.8 Å². The first-order valence-electron chi connectivity index (χ1n) is 8.05. The molecule has 4 nitrogen and oxygen atoms in total. The van der Waals surface area contributed by atoms with Gasteiger partial charge in [0, 0.05) is 0 Å². The Kier molecular flexibility index (Phi) is 5.31. The highest BCUT2D eigenvalue weighted by Crippen LogP contribution is 2.29. The molecule has 2 amide bonds. The van der Waals surface area contributed by atoms with E-state index in [0.717, 1.165) is 30.4 Å². The number of nitrogens with one attached hydrogen (secondary N) is 1. The number of quaternary nitrogens is 1. The van der Waals surface area contributed by atoms with Crippen molar-refractivity contribution in [3.63, 3.8) is 0 Å². The lowest BCUT2D eigenvalue weighted by atomic mass is 10.1. The maximum absolute atomic E-state index is 12.4. The molecule has 0 spiro atoms. The Bertz CT molecular complexity index is 634. The van der Waals surface area contributed by atoms with Crippen molar-refractivity contribution < 1.29 is 14.5 Å². The number of allylic oxidation sites excluding steroid dienone is 2. The van der Waals surface area contributed by atoms with Crippen LogP contribution in [0.4, 0.5) is 4.79 Å². The molecule has 0 saturated carbocycles. The van der Waals surface area contributed by atoms with E-state index >= 15 is 0 Å². The summed E-state index contributed by atoms with van der Waals surface area (Å²) in [5.74, 6) is -0.157. The molecule has 0 radical (unpaired) electrons. The monoisotopic (exact) mass is 329 g/mol. The van der Waals surface area contributed by atoms with E-state index in [9.17, 15) is 9.59 Å². The number of carbonyl (C=O) groups is 2. The van der Waals surface area contributed by atoms with Crippen molar-refractivity contribution in [1.29, 1.82) is 0 Å². The fraction of sp³-hybridized carbons (Fsp3) is 0.333. The van der Waals surface area contributed by atoms with E-state index in [1.54, 1.807) is 6.08 Å². The molecule has 1 aromatic carbocycles. The molecule has 0 unspecified atom stereocenters. The van der Waals surface area contributed by atoms with Crippen LogP contribution >= 0.6 is 11.8 Å². The van der Waals surface area contributed by atoms with Crippen LogP contribution in [0, 0.1) is 0 Å². The molecule has 2 aliphatic rings. The smallest absolute Gasteiger partial charge is 0.298 e. The number of imide groups is 1. The van der Waals surface area contributed by atoms with Crippen LogP contribution in [0.3, 0.4) is 0 Å². The first kappa shape index (κ1) is 16.0. The van der Waals surface area contributed by atoms with E-state index < -0.39 is 0 Å². The largest absolute Gasteiger partial charge is 0.317 e. The number of hydrogen-bond donors (Lipinski definition) is 1. The molecule has 1 aromatic rings. The van der Waals surface area contributed by atoms with Crippen LogP contribution in [-0.2, 0) is 4.79 Å². The minimum Gasteiger partial charge on any atom is -0.317 e. The minimum atomic E-state index is -0.157. The predicted molar refractivity (Wildman–Crippen MR) is 92.8 cm³/mol.